The smallest absolute Gasteiger partial charge is 0.407 e. The molecular formula is C14H22N2O4. The normalized spacial score (nSPS) is 12.8. The van der Waals surface area contributed by atoms with Crippen LogP contribution in [0.2, 0.25) is 0 Å². The molecule has 0 radical (unpaired) electrons. The molecule has 0 saturated carbocycles. The fraction of sp³-hybridized carbons (Fsp3) is 0.500. The second kappa shape index (κ2) is 6.47. The maximum atomic E-state index is 11.5. The highest BCUT2D eigenvalue weighted by Gasteiger charge is 2.17. The van der Waals surface area contributed by atoms with Gasteiger partial charge in [0.15, 0.2) is 0 Å². The highest BCUT2D eigenvalue weighted by atomic mass is 16.6. The number of hydrogen-bond acceptors (Lipinski definition) is 5. The first-order chi connectivity index (χ1) is 9.17. The number of ether oxygens (including phenoxy) is 1. The summed E-state index contributed by atoms with van der Waals surface area (Å²) in [6, 6.07) is 3.85. The maximum Gasteiger partial charge on any atom is 0.407 e. The van der Waals surface area contributed by atoms with Gasteiger partial charge in [0.05, 0.1) is 0 Å². The summed E-state index contributed by atoms with van der Waals surface area (Å²) in [5, 5.41) is 21.6. The summed E-state index contributed by atoms with van der Waals surface area (Å²) in [6.45, 7) is 5.54. The second-order valence-corrected chi connectivity index (χ2v) is 5.66. The zero-order valence-electron chi connectivity index (χ0n) is 12.0. The SMILES string of the molecule is CC(C)(C)OC(=O)NCC(N)Cc1cc(O)ccc1O. The van der Waals surface area contributed by atoms with E-state index in [1.807, 2.05) is 0 Å². The van der Waals surface area contributed by atoms with Gasteiger partial charge in [-0.1, -0.05) is 0 Å². The van der Waals surface area contributed by atoms with E-state index >= 15 is 0 Å². The van der Waals surface area contributed by atoms with Crippen molar-refractivity contribution in [1.29, 1.82) is 0 Å². The molecule has 0 aliphatic rings. The molecule has 0 spiro atoms. The van der Waals surface area contributed by atoms with E-state index in [2.05, 4.69) is 5.32 Å². The highest BCUT2D eigenvalue weighted by molar-refractivity contribution is 5.67. The lowest BCUT2D eigenvalue weighted by Gasteiger charge is -2.21. The number of rotatable bonds is 4. The fourth-order valence-corrected chi connectivity index (χ4v) is 1.62. The Morgan fingerprint density at radius 1 is 1.40 bits per heavy atom. The summed E-state index contributed by atoms with van der Waals surface area (Å²) in [5.41, 5.74) is 5.85. The van der Waals surface area contributed by atoms with Crippen LogP contribution in [0.5, 0.6) is 11.5 Å². The molecule has 6 nitrogen and oxygen atoms in total. The van der Waals surface area contributed by atoms with Crippen molar-refractivity contribution in [1.82, 2.24) is 5.32 Å². The van der Waals surface area contributed by atoms with Crippen LogP contribution in [0.1, 0.15) is 26.3 Å². The Morgan fingerprint density at radius 2 is 2.05 bits per heavy atom. The van der Waals surface area contributed by atoms with Gasteiger partial charge in [-0.05, 0) is 51.0 Å². The van der Waals surface area contributed by atoms with Crippen molar-refractivity contribution >= 4 is 6.09 Å². The molecule has 1 aromatic rings. The van der Waals surface area contributed by atoms with Gasteiger partial charge in [0.2, 0.25) is 0 Å². The summed E-state index contributed by atoms with van der Waals surface area (Å²) in [5.74, 6) is 0.126. The molecular weight excluding hydrogens is 260 g/mol. The molecule has 1 aromatic carbocycles. The first kappa shape index (κ1) is 16.1. The first-order valence-corrected chi connectivity index (χ1v) is 6.40. The van der Waals surface area contributed by atoms with Crippen molar-refractivity contribution in [3.63, 3.8) is 0 Å². The molecule has 6 heteroatoms. The van der Waals surface area contributed by atoms with Crippen LogP contribution >= 0.6 is 0 Å². The van der Waals surface area contributed by atoms with Crippen LogP contribution in [0.25, 0.3) is 0 Å². The fourth-order valence-electron chi connectivity index (χ4n) is 1.62. The molecule has 0 aliphatic carbocycles. The van der Waals surface area contributed by atoms with Crippen LogP contribution in [0.4, 0.5) is 4.79 Å². The van der Waals surface area contributed by atoms with Gasteiger partial charge in [-0.15, -0.1) is 0 Å². The molecule has 0 fully saturated rings. The molecule has 0 bridgehead atoms. The zero-order valence-corrected chi connectivity index (χ0v) is 12.0. The highest BCUT2D eigenvalue weighted by Crippen LogP contribution is 2.22. The number of nitrogens with one attached hydrogen (secondary N) is 1. The number of carbonyl (C=O) groups excluding carboxylic acids is 1. The van der Waals surface area contributed by atoms with Crippen LogP contribution in [-0.4, -0.2) is 34.5 Å². The van der Waals surface area contributed by atoms with Gasteiger partial charge < -0.3 is 26.0 Å². The molecule has 1 amide bonds. The molecule has 1 rings (SSSR count). The molecule has 0 heterocycles. The van der Waals surface area contributed by atoms with Gasteiger partial charge >= 0.3 is 6.09 Å². The van der Waals surface area contributed by atoms with E-state index in [0.717, 1.165) is 0 Å². The topological polar surface area (TPSA) is 105 Å². The number of nitrogens with two attached hydrogens (primary N) is 1. The van der Waals surface area contributed by atoms with Gasteiger partial charge in [0.1, 0.15) is 17.1 Å². The summed E-state index contributed by atoms with van der Waals surface area (Å²) in [6.07, 6.45) is -0.205. The predicted molar refractivity (Wildman–Crippen MR) is 75.7 cm³/mol. The minimum Gasteiger partial charge on any atom is -0.508 e. The van der Waals surface area contributed by atoms with Crippen molar-refractivity contribution < 1.29 is 19.7 Å². The van der Waals surface area contributed by atoms with E-state index in [-0.39, 0.29) is 18.0 Å². The van der Waals surface area contributed by atoms with Crippen molar-refractivity contribution in [2.24, 2.45) is 5.73 Å². The Kier molecular flexibility index (Phi) is 5.21. The number of aromatic hydroxyl groups is 2. The number of phenols is 2. The average molecular weight is 282 g/mol. The van der Waals surface area contributed by atoms with E-state index in [0.29, 0.717) is 12.0 Å². The maximum absolute atomic E-state index is 11.5. The molecule has 1 unspecified atom stereocenters. The van der Waals surface area contributed by atoms with Crippen LogP contribution in [-0.2, 0) is 11.2 Å². The van der Waals surface area contributed by atoms with E-state index < -0.39 is 17.7 Å². The minimum absolute atomic E-state index is 0.0603. The van der Waals surface area contributed by atoms with Crippen LogP contribution in [0.15, 0.2) is 18.2 Å². The van der Waals surface area contributed by atoms with E-state index in [9.17, 15) is 15.0 Å². The van der Waals surface area contributed by atoms with E-state index in [1.54, 1.807) is 20.8 Å². The molecule has 1 atom stereocenters. The molecule has 112 valence electrons. The third-order valence-electron chi connectivity index (χ3n) is 2.45. The first-order valence-electron chi connectivity index (χ1n) is 6.40. The largest absolute Gasteiger partial charge is 0.508 e. The summed E-state index contributed by atoms with van der Waals surface area (Å²) < 4.78 is 5.09. The summed E-state index contributed by atoms with van der Waals surface area (Å²) in [7, 11) is 0. The predicted octanol–water partition coefficient (Wildman–Crippen LogP) is 1.49. The Morgan fingerprint density at radius 3 is 2.65 bits per heavy atom. The molecule has 0 saturated heterocycles. The standard InChI is InChI=1S/C14H22N2O4/c1-14(2,3)20-13(19)16-8-10(15)6-9-7-11(17)4-5-12(9)18/h4-5,7,10,17-18H,6,8,15H2,1-3H3,(H,16,19). The Labute approximate surface area is 118 Å². The van der Waals surface area contributed by atoms with Crippen LogP contribution in [0, 0.1) is 0 Å². The number of alkyl carbamates (subject to hydrolysis) is 1. The van der Waals surface area contributed by atoms with Gasteiger partial charge in [0, 0.05) is 12.6 Å². The number of hydrogen-bond donors (Lipinski definition) is 4. The number of amides is 1. The second-order valence-electron chi connectivity index (χ2n) is 5.66. The van der Waals surface area contributed by atoms with E-state index in [4.69, 9.17) is 10.5 Å². The third-order valence-corrected chi connectivity index (χ3v) is 2.45. The van der Waals surface area contributed by atoms with Crippen molar-refractivity contribution in [3.05, 3.63) is 23.8 Å². The van der Waals surface area contributed by atoms with E-state index in [1.165, 1.54) is 18.2 Å². The quantitative estimate of drug-likeness (QED) is 0.626. The van der Waals surface area contributed by atoms with Gasteiger partial charge in [0.25, 0.3) is 0 Å². The third kappa shape index (κ3) is 5.79. The van der Waals surface area contributed by atoms with Crippen LogP contribution in [0.3, 0.4) is 0 Å². The minimum atomic E-state index is -0.558. The monoisotopic (exact) mass is 282 g/mol. The zero-order chi connectivity index (χ0) is 15.3. The molecule has 0 aliphatic heterocycles. The number of benzene rings is 1. The Balaban J connectivity index is 2.46. The van der Waals surface area contributed by atoms with Crippen LogP contribution < -0.4 is 11.1 Å². The molecule has 0 aromatic heterocycles. The summed E-state index contributed by atoms with van der Waals surface area (Å²) in [4.78, 5) is 11.5. The van der Waals surface area contributed by atoms with Crippen molar-refractivity contribution in [2.45, 2.75) is 38.8 Å². The lowest BCUT2D eigenvalue weighted by atomic mass is 10.1. The molecule has 20 heavy (non-hydrogen) atoms. The number of carbonyl (C=O) groups is 1. The van der Waals surface area contributed by atoms with Crippen molar-refractivity contribution in [2.75, 3.05) is 6.54 Å². The van der Waals surface area contributed by atoms with Gasteiger partial charge in [-0.3, -0.25) is 0 Å². The summed E-state index contributed by atoms with van der Waals surface area (Å²) >= 11 is 0. The van der Waals surface area contributed by atoms with Gasteiger partial charge in [-0.25, -0.2) is 4.79 Å². The molecule has 5 N–H and O–H groups in total. The number of phenolic OH excluding ortho intramolecular Hbond substituents is 2. The van der Waals surface area contributed by atoms with Crippen molar-refractivity contribution in [3.8, 4) is 11.5 Å². The Hall–Kier alpha value is -1.95. The van der Waals surface area contributed by atoms with Gasteiger partial charge in [-0.2, -0.15) is 0 Å². The lowest BCUT2D eigenvalue weighted by Crippen LogP contribution is -2.41. The average Bonchev–Trinajstić information content (AvgIpc) is 2.29. The Bertz CT molecular complexity index is 469. The lowest BCUT2D eigenvalue weighted by molar-refractivity contribution is 0.0524.